The van der Waals surface area contributed by atoms with Crippen molar-refractivity contribution in [2.24, 2.45) is 0 Å². The van der Waals surface area contributed by atoms with E-state index in [1.807, 2.05) is 12.1 Å². The van der Waals surface area contributed by atoms with Crippen molar-refractivity contribution >= 4 is 34.9 Å². The molecule has 0 atom stereocenters. The highest BCUT2D eigenvalue weighted by Gasteiger charge is 2.00. The average Bonchev–Trinajstić information content (AvgIpc) is 2.20. The van der Waals surface area contributed by atoms with Gasteiger partial charge in [0.2, 0.25) is 5.95 Å². The lowest BCUT2D eigenvalue weighted by atomic mass is 10.3. The van der Waals surface area contributed by atoms with Crippen LogP contribution in [0.3, 0.4) is 0 Å². The third-order valence-corrected chi connectivity index (χ3v) is 2.13. The van der Waals surface area contributed by atoms with Gasteiger partial charge in [-0.1, -0.05) is 11.6 Å². The Morgan fingerprint density at radius 1 is 1.06 bits per heavy atom. The Labute approximate surface area is 97.5 Å². The molecule has 0 saturated heterocycles. The lowest BCUT2D eigenvalue weighted by Crippen LogP contribution is -2.02. The third-order valence-electron chi connectivity index (χ3n) is 1.88. The van der Waals surface area contributed by atoms with Gasteiger partial charge in [-0.05, 0) is 24.3 Å². The normalized spacial score (nSPS) is 10.1. The highest BCUT2D eigenvalue weighted by atomic mass is 35.5. The second-order valence-corrected chi connectivity index (χ2v) is 3.60. The molecule has 0 aliphatic carbocycles. The number of halogens is 1. The van der Waals surface area contributed by atoms with Crippen LogP contribution in [0.2, 0.25) is 5.02 Å². The van der Waals surface area contributed by atoms with Gasteiger partial charge in [0.25, 0.3) is 0 Å². The van der Waals surface area contributed by atoms with Crippen molar-refractivity contribution < 1.29 is 0 Å². The van der Waals surface area contributed by atoms with Crippen LogP contribution in [0.1, 0.15) is 0 Å². The Hall–Kier alpha value is -2.01. The second kappa shape index (κ2) is 4.24. The predicted octanol–water partition coefficient (Wildman–Crippen LogP) is 2.04. The molecular formula is C10H10ClN5. The fourth-order valence-electron chi connectivity index (χ4n) is 1.23. The van der Waals surface area contributed by atoms with Crippen molar-refractivity contribution in [2.45, 2.75) is 0 Å². The SMILES string of the molecule is Nc1cc(Nc2ccc(Cl)cc2)nc(N)n1. The predicted molar refractivity (Wildman–Crippen MR) is 65.6 cm³/mol. The van der Waals surface area contributed by atoms with Gasteiger partial charge >= 0.3 is 0 Å². The lowest BCUT2D eigenvalue weighted by Gasteiger charge is -2.06. The minimum absolute atomic E-state index is 0.136. The average molecular weight is 236 g/mol. The molecule has 0 unspecified atom stereocenters. The van der Waals surface area contributed by atoms with Crippen molar-refractivity contribution in [2.75, 3.05) is 16.8 Å². The fraction of sp³-hybridized carbons (Fsp3) is 0. The van der Waals surface area contributed by atoms with E-state index in [4.69, 9.17) is 23.1 Å². The van der Waals surface area contributed by atoms with E-state index in [-0.39, 0.29) is 5.95 Å². The van der Waals surface area contributed by atoms with Crippen LogP contribution in [0.5, 0.6) is 0 Å². The fourth-order valence-corrected chi connectivity index (χ4v) is 1.36. The monoisotopic (exact) mass is 235 g/mol. The lowest BCUT2D eigenvalue weighted by molar-refractivity contribution is 1.19. The largest absolute Gasteiger partial charge is 0.383 e. The summed E-state index contributed by atoms with van der Waals surface area (Å²) in [6.07, 6.45) is 0. The molecule has 0 fully saturated rings. The quantitative estimate of drug-likeness (QED) is 0.741. The van der Waals surface area contributed by atoms with Crippen LogP contribution in [-0.4, -0.2) is 9.97 Å². The van der Waals surface area contributed by atoms with Gasteiger partial charge in [-0.15, -0.1) is 0 Å². The van der Waals surface area contributed by atoms with Gasteiger partial charge in [-0.25, -0.2) is 0 Å². The van der Waals surface area contributed by atoms with Gasteiger partial charge in [0, 0.05) is 16.8 Å². The van der Waals surface area contributed by atoms with E-state index in [9.17, 15) is 0 Å². The summed E-state index contributed by atoms with van der Waals surface area (Å²) in [5.74, 6) is 1.01. The molecule has 1 aromatic heterocycles. The Morgan fingerprint density at radius 3 is 2.38 bits per heavy atom. The Kier molecular flexibility index (Phi) is 2.78. The van der Waals surface area contributed by atoms with Gasteiger partial charge in [0.1, 0.15) is 11.6 Å². The van der Waals surface area contributed by atoms with Crippen LogP contribution in [0, 0.1) is 0 Å². The minimum Gasteiger partial charge on any atom is -0.383 e. The molecular weight excluding hydrogens is 226 g/mol. The zero-order chi connectivity index (χ0) is 11.5. The second-order valence-electron chi connectivity index (χ2n) is 3.17. The van der Waals surface area contributed by atoms with E-state index >= 15 is 0 Å². The molecule has 0 amide bonds. The maximum Gasteiger partial charge on any atom is 0.223 e. The van der Waals surface area contributed by atoms with E-state index in [0.717, 1.165) is 5.69 Å². The highest BCUT2D eigenvalue weighted by Crippen LogP contribution is 2.18. The van der Waals surface area contributed by atoms with Crippen molar-refractivity contribution in [3.05, 3.63) is 35.4 Å². The number of nitrogens with one attached hydrogen (secondary N) is 1. The zero-order valence-electron chi connectivity index (χ0n) is 8.31. The number of hydrogen-bond donors (Lipinski definition) is 3. The van der Waals surface area contributed by atoms with Gasteiger partial charge in [-0.2, -0.15) is 9.97 Å². The molecule has 5 nitrogen and oxygen atoms in total. The molecule has 0 radical (unpaired) electrons. The molecule has 0 aliphatic rings. The topological polar surface area (TPSA) is 89.8 Å². The van der Waals surface area contributed by atoms with E-state index in [2.05, 4.69) is 15.3 Å². The molecule has 0 aliphatic heterocycles. The summed E-state index contributed by atoms with van der Waals surface area (Å²) >= 11 is 5.77. The summed E-state index contributed by atoms with van der Waals surface area (Å²) < 4.78 is 0. The van der Waals surface area contributed by atoms with Crippen molar-refractivity contribution in [3.8, 4) is 0 Å². The van der Waals surface area contributed by atoms with Crippen LogP contribution in [0.15, 0.2) is 30.3 Å². The number of nitrogens with zero attached hydrogens (tertiary/aromatic N) is 2. The zero-order valence-corrected chi connectivity index (χ0v) is 9.07. The summed E-state index contributed by atoms with van der Waals surface area (Å²) in [6.45, 7) is 0. The van der Waals surface area contributed by atoms with E-state index in [1.54, 1.807) is 18.2 Å². The standard InChI is InChI=1S/C10H10ClN5/c11-6-1-3-7(4-2-6)14-9-5-8(12)15-10(13)16-9/h1-5H,(H5,12,13,14,15,16). The number of aromatic nitrogens is 2. The van der Waals surface area contributed by atoms with Gasteiger partial charge < -0.3 is 16.8 Å². The van der Waals surface area contributed by atoms with Gasteiger partial charge in [0.15, 0.2) is 0 Å². The molecule has 2 aromatic rings. The van der Waals surface area contributed by atoms with Crippen LogP contribution in [0.4, 0.5) is 23.3 Å². The molecule has 82 valence electrons. The Morgan fingerprint density at radius 2 is 1.75 bits per heavy atom. The first-order valence-electron chi connectivity index (χ1n) is 4.56. The Balaban J connectivity index is 2.23. The molecule has 0 spiro atoms. The molecule has 0 bridgehead atoms. The van der Waals surface area contributed by atoms with Gasteiger partial charge in [-0.3, -0.25) is 0 Å². The number of nitrogens with two attached hydrogens (primary N) is 2. The first-order chi connectivity index (χ1) is 7.63. The van der Waals surface area contributed by atoms with Crippen LogP contribution in [-0.2, 0) is 0 Å². The van der Waals surface area contributed by atoms with Crippen molar-refractivity contribution in [3.63, 3.8) is 0 Å². The van der Waals surface area contributed by atoms with E-state index in [1.165, 1.54) is 0 Å². The number of benzene rings is 1. The maximum absolute atomic E-state index is 5.77. The molecule has 1 heterocycles. The molecule has 0 saturated carbocycles. The molecule has 1 aromatic carbocycles. The number of nitrogen functional groups attached to an aromatic ring is 2. The van der Waals surface area contributed by atoms with E-state index < -0.39 is 0 Å². The summed E-state index contributed by atoms with van der Waals surface area (Å²) in [4.78, 5) is 7.77. The van der Waals surface area contributed by atoms with Gasteiger partial charge in [0.05, 0.1) is 0 Å². The summed E-state index contributed by atoms with van der Waals surface area (Å²) in [7, 11) is 0. The Bertz CT molecular complexity index is 477. The van der Waals surface area contributed by atoms with Crippen LogP contribution < -0.4 is 16.8 Å². The summed E-state index contributed by atoms with van der Waals surface area (Å²) in [5.41, 5.74) is 11.9. The summed E-state index contributed by atoms with van der Waals surface area (Å²) in [5, 5.41) is 3.72. The smallest absolute Gasteiger partial charge is 0.223 e. The first-order valence-corrected chi connectivity index (χ1v) is 4.94. The summed E-state index contributed by atoms with van der Waals surface area (Å²) in [6, 6.07) is 8.81. The van der Waals surface area contributed by atoms with Crippen molar-refractivity contribution in [1.29, 1.82) is 0 Å². The maximum atomic E-state index is 5.77. The molecule has 2 rings (SSSR count). The first kappa shape index (κ1) is 10.5. The van der Waals surface area contributed by atoms with E-state index in [0.29, 0.717) is 16.7 Å². The third kappa shape index (κ3) is 2.52. The van der Waals surface area contributed by atoms with Crippen molar-refractivity contribution in [1.82, 2.24) is 9.97 Å². The minimum atomic E-state index is 0.136. The number of rotatable bonds is 2. The molecule has 6 heteroatoms. The molecule has 16 heavy (non-hydrogen) atoms. The number of anilines is 4. The molecule has 5 N–H and O–H groups in total. The number of hydrogen-bond acceptors (Lipinski definition) is 5. The highest BCUT2D eigenvalue weighted by molar-refractivity contribution is 6.30. The van der Waals surface area contributed by atoms with Crippen LogP contribution >= 0.6 is 11.6 Å². The van der Waals surface area contributed by atoms with Crippen LogP contribution in [0.25, 0.3) is 0 Å².